The van der Waals surface area contributed by atoms with Crippen LogP contribution in [-0.2, 0) is 29.2 Å². The van der Waals surface area contributed by atoms with E-state index in [1.165, 1.54) is 11.1 Å². The Morgan fingerprint density at radius 2 is 1.83 bits per heavy atom. The molecule has 1 aromatic heterocycles. The van der Waals surface area contributed by atoms with Crippen molar-refractivity contribution in [2.24, 2.45) is 5.92 Å². The number of aromatic nitrogens is 3. The van der Waals surface area contributed by atoms with Gasteiger partial charge in [-0.2, -0.15) is 0 Å². The normalized spacial score (nSPS) is 18.2. The summed E-state index contributed by atoms with van der Waals surface area (Å²) in [5, 5.41) is 11.5. The van der Waals surface area contributed by atoms with Crippen LogP contribution in [0, 0.1) is 19.8 Å². The molecule has 8 nitrogen and oxygen atoms in total. The highest BCUT2D eigenvalue weighted by atomic mass is 16.5. The van der Waals surface area contributed by atoms with Crippen LogP contribution in [0.15, 0.2) is 48.5 Å². The van der Waals surface area contributed by atoms with Crippen LogP contribution in [0.1, 0.15) is 57.4 Å². The van der Waals surface area contributed by atoms with Crippen molar-refractivity contribution in [2.45, 2.75) is 52.5 Å². The Morgan fingerprint density at radius 1 is 1.06 bits per heavy atom. The van der Waals surface area contributed by atoms with Crippen LogP contribution in [0.3, 0.4) is 0 Å². The molecular weight excluding hydrogens is 442 g/mol. The van der Waals surface area contributed by atoms with Crippen LogP contribution >= 0.6 is 0 Å². The topological polar surface area (TPSA) is 89.4 Å². The van der Waals surface area contributed by atoms with Gasteiger partial charge >= 0.3 is 0 Å². The minimum atomic E-state index is -0.137. The van der Waals surface area contributed by atoms with Crippen LogP contribution in [0.5, 0.6) is 0 Å². The maximum atomic E-state index is 13.2. The Labute approximate surface area is 205 Å². The molecule has 1 atom stereocenters. The number of ether oxygens (including phenoxy) is 1. The lowest BCUT2D eigenvalue weighted by Gasteiger charge is -2.31. The summed E-state index contributed by atoms with van der Waals surface area (Å²) in [4.78, 5) is 27.6. The molecule has 35 heavy (non-hydrogen) atoms. The molecule has 2 aliphatic rings. The van der Waals surface area contributed by atoms with Gasteiger partial charge in [-0.15, -0.1) is 5.10 Å². The van der Waals surface area contributed by atoms with E-state index in [1.807, 2.05) is 25.1 Å². The second-order valence-electron chi connectivity index (χ2n) is 9.55. The molecule has 0 saturated carbocycles. The minimum absolute atomic E-state index is 0.0511. The first kappa shape index (κ1) is 23.2. The van der Waals surface area contributed by atoms with Gasteiger partial charge in [0.1, 0.15) is 6.10 Å². The molecule has 0 bridgehead atoms. The van der Waals surface area contributed by atoms with Crippen molar-refractivity contribution in [3.63, 3.8) is 0 Å². The number of fused-ring (bicyclic) bond motifs is 1. The summed E-state index contributed by atoms with van der Waals surface area (Å²) in [6, 6.07) is 16.4. The lowest BCUT2D eigenvalue weighted by atomic mass is 9.95. The van der Waals surface area contributed by atoms with E-state index in [0.717, 1.165) is 16.8 Å². The summed E-state index contributed by atoms with van der Waals surface area (Å²) in [7, 11) is 0. The van der Waals surface area contributed by atoms with Gasteiger partial charge in [-0.1, -0.05) is 64.9 Å². The molecule has 1 fully saturated rings. The highest BCUT2D eigenvalue weighted by Gasteiger charge is 2.33. The fourth-order valence-electron chi connectivity index (χ4n) is 4.81. The van der Waals surface area contributed by atoms with Gasteiger partial charge in [-0.05, 0) is 37.8 Å². The SMILES string of the molecule is Cc1ccc([C@@H]2Cn3nnc(C(=O)N4CCC(C(=O)NCc5cccc(C)c5)CC4)c3CO2)cc1. The summed E-state index contributed by atoms with van der Waals surface area (Å²) in [6.07, 6.45) is 1.17. The zero-order valence-corrected chi connectivity index (χ0v) is 20.2. The zero-order valence-electron chi connectivity index (χ0n) is 20.2. The highest BCUT2D eigenvalue weighted by Crippen LogP contribution is 2.28. The quantitative estimate of drug-likeness (QED) is 0.614. The van der Waals surface area contributed by atoms with Gasteiger partial charge < -0.3 is 15.0 Å². The van der Waals surface area contributed by atoms with Crippen LogP contribution < -0.4 is 5.32 Å². The number of rotatable bonds is 5. The zero-order chi connectivity index (χ0) is 24.4. The molecule has 0 aliphatic carbocycles. The number of nitrogens with zero attached hydrogens (tertiary/aromatic N) is 4. The fraction of sp³-hybridized carbons (Fsp3) is 0.407. The monoisotopic (exact) mass is 473 g/mol. The van der Waals surface area contributed by atoms with Crippen LogP contribution in [-0.4, -0.2) is 44.8 Å². The summed E-state index contributed by atoms with van der Waals surface area (Å²) in [6.45, 7) is 6.50. The Bertz CT molecular complexity index is 1210. The average Bonchev–Trinajstić information content (AvgIpc) is 3.31. The van der Waals surface area contributed by atoms with Gasteiger partial charge in [0.2, 0.25) is 5.91 Å². The minimum Gasteiger partial charge on any atom is -0.365 e. The standard InChI is InChI=1S/C27H31N5O3/c1-18-6-8-21(9-7-18)24-16-32-23(17-35-24)25(29-30-32)27(34)31-12-10-22(11-13-31)26(33)28-15-20-5-3-4-19(2)14-20/h3-9,14,22,24H,10-13,15-17H2,1-2H3,(H,28,33)/t24-/m0/s1. The Hall–Kier alpha value is -3.52. The molecule has 5 rings (SSSR count). The third-order valence-electron chi connectivity index (χ3n) is 6.95. The first-order chi connectivity index (χ1) is 17.0. The molecule has 8 heteroatoms. The lowest BCUT2D eigenvalue weighted by Crippen LogP contribution is -2.43. The predicted molar refractivity (Wildman–Crippen MR) is 130 cm³/mol. The Kier molecular flexibility index (Phi) is 6.63. The first-order valence-corrected chi connectivity index (χ1v) is 12.2. The van der Waals surface area contributed by atoms with Crippen molar-refractivity contribution in [1.82, 2.24) is 25.2 Å². The molecule has 182 valence electrons. The van der Waals surface area contributed by atoms with Gasteiger partial charge in [0.15, 0.2) is 5.69 Å². The number of carbonyl (C=O) groups is 2. The van der Waals surface area contributed by atoms with E-state index >= 15 is 0 Å². The number of benzene rings is 2. The van der Waals surface area contributed by atoms with Crippen molar-refractivity contribution in [3.8, 4) is 0 Å². The van der Waals surface area contributed by atoms with Crippen molar-refractivity contribution >= 4 is 11.8 Å². The smallest absolute Gasteiger partial charge is 0.276 e. The fourth-order valence-corrected chi connectivity index (χ4v) is 4.81. The second kappa shape index (κ2) is 10.00. The summed E-state index contributed by atoms with van der Waals surface area (Å²) >= 11 is 0. The molecule has 2 aliphatic heterocycles. The van der Waals surface area contributed by atoms with Crippen molar-refractivity contribution < 1.29 is 14.3 Å². The maximum Gasteiger partial charge on any atom is 0.276 e. The summed E-state index contributed by atoms with van der Waals surface area (Å²) < 4.78 is 7.85. The molecule has 3 heterocycles. The van der Waals surface area contributed by atoms with E-state index in [4.69, 9.17) is 4.74 Å². The predicted octanol–water partition coefficient (Wildman–Crippen LogP) is 3.34. The van der Waals surface area contributed by atoms with E-state index in [2.05, 4.69) is 52.9 Å². The van der Waals surface area contributed by atoms with Crippen LogP contribution in [0.4, 0.5) is 0 Å². The first-order valence-electron chi connectivity index (χ1n) is 12.2. The third-order valence-corrected chi connectivity index (χ3v) is 6.95. The maximum absolute atomic E-state index is 13.2. The molecule has 1 N–H and O–H groups in total. The molecular formula is C27H31N5O3. The number of hydrogen-bond acceptors (Lipinski definition) is 5. The number of nitrogens with one attached hydrogen (secondary N) is 1. The number of likely N-dealkylation sites (tertiary alicyclic amines) is 1. The van der Waals surface area contributed by atoms with Crippen LogP contribution in [0.25, 0.3) is 0 Å². The molecule has 3 aromatic rings. The van der Waals surface area contributed by atoms with E-state index in [-0.39, 0.29) is 23.8 Å². The van der Waals surface area contributed by atoms with E-state index in [9.17, 15) is 9.59 Å². The lowest BCUT2D eigenvalue weighted by molar-refractivity contribution is -0.126. The summed E-state index contributed by atoms with van der Waals surface area (Å²) in [5.74, 6) is -0.172. The highest BCUT2D eigenvalue weighted by molar-refractivity contribution is 5.93. The van der Waals surface area contributed by atoms with Crippen molar-refractivity contribution in [2.75, 3.05) is 13.1 Å². The molecule has 1 saturated heterocycles. The number of aryl methyl sites for hydroxylation is 2. The van der Waals surface area contributed by atoms with Gasteiger partial charge in [0.05, 0.1) is 18.8 Å². The van der Waals surface area contributed by atoms with E-state index in [0.29, 0.717) is 51.3 Å². The van der Waals surface area contributed by atoms with E-state index < -0.39 is 0 Å². The summed E-state index contributed by atoms with van der Waals surface area (Å²) in [5.41, 5.74) is 5.63. The molecule has 0 radical (unpaired) electrons. The van der Waals surface area contributed by atoms with Crippen molar-refractivity contribution in [3.05, 3.63) is 82.2 Å². The number of amides is 2. The van der Waals surface area contributed by atoms with Gasteiger partial charge in [0, 0.05) is 25.6 Å². The molecule has 2 aromatic carbocycles. The van der Waals surface area contributed by atoms with Crippen molar-refractivity contribution in [1.29, 1.82) is 0 Å². The Morgan fingerprint density at radius 3 is 2.57 bits per heavy atom. The third kappa shape index (κ3) is 5.12. The van der Waals surface area contributed by atoms with Gasteiger partial charge in [0.25, 0.3) is 5.91 Å². The number of carbonyl (C=O) groups excluding carboxylic acids is 2. The Balaban J connectivity index is 1.15. The average molecular weight is 474 g/mol. The molecule has 0 unspecified atom stereocenters. The van der Waals surface area contributed by atoms with Gasteiger partial charge in [-0.3, -0.25) is 9.59 Å². The van der Waals surface area contributed by atoms with E-state index in [1.54, 1.807) is 9.58 Å². The van der Waals surface area contributed by atoms with Crippen LogP contribution in [0.2, 0.25) is 0 Å². The second-order valence-corrected chi connectivity index (χ2v) is 9.55. The number of piperidine rings is 1. The van der Waals surface area contributed by atoms with Gasteiger partial charge in [-0.25, -0.2) is 4.68 Å². The number of hydrogen-bond donors (Lipinski definition) is 1. The largest absolute Gasteiger partial charge is 0.365 e. The molecule has 0 spiro atoms. The molecule has 2 amide bonds.